The fourth-order valence-electron chi connectivity index (χ4n) is 4.95. The number of para-hydroxylation sites is 3. The van der Waals surface area contributed by atoms with Crippen molar-refractivity contribution in [3.8, 4) is 5.75 Å². The molecule has 0 spiro atoms. The lowest BCUT2D eigenvalue weighted by molar-refractivity contribution is 0.0730. The molecule has 4 aromatic rings. The van der Waals surface area contributed by atoms with Crippen molar-refractivity contribution in [1.29, 1.82) is 0 Å². The number of rotatable bonds is 0. The summed E-state index contributed by atoms with van der Waals surface area (Å²) in [6.45, 7) is 7.15. The number of carbonyl (C=O) groups is 4. The van der Waals surface area contributed by atoms with Crippen LogP contribution in [0, 0.1) is 27.7 Å². The molecule has 0 radical (unpaired) electrons. The second-order valence-corrected chi connectivity index (χ2v) is 9.95. The summed E-state index contributed by atoms with van der Waals surface area (Å²) in [6.07, 6.45) is -0.0831. The quantitative estimate of drug-likeness (QED) is 0.202. The molecule has 1 aliphatic rings. The van der Waals surface area contributed by atoms with E-state index >= 15 is 0 Å². The Morgan fingerprint density at radius 2 is 1.02 bits per heavy atom. The first-order valence-corrected chi connectivity index (χ1v) is 12.9. The molecule has 5 rings (SSSR count). The van der Waals surface area contributed by atoms with Gasteiger partial charge in [0.15, 0.2) is 5.78 Å². The summed E-state index contributed by atoms with van der Waals surface area (Å²) in [5, 5.41) is 5.77. The van der Waals surface area contributed by atoms with Gasteiger partial charge in [-0.25, -0.2) is 4.79 Å². The summed E-state index contributed by atoms with van der Waals surface area (Å²) >= 11 is 0. The maximum Gasteiger partial charge on any atom is 0.343 e. The molecule has 0 atom stereocenters. The van der Waals surface area contributed by atoms with Crippen molar-refractivity contribution >= 4 is 34.9 Å². The Labute approximate surface area is 232 Å². The third-order valence-corrected chi connectivity index (χ3v) is 7.19. The fraction of sp³-hybridized carbons (Fsp3) is 0.152. The number of hydrogen-bond acceptors (Lipinski definition) is 5. The van der Waals surface area contributed by atoms with Crippen LogP contribution in [0.25, 0.3) is 0 Å². The first-order valence-electron chi connectivity index (χ1n) is 12.9. The number of fused-ring (bicyclic) bond motifs is 4. The highest BCUT2D eigenvalue weighted by atomic mass is 16.5. The average Bonchev–Trinajstić information content (AvgIpc) is 2.92. The highest BCUT2D eigenvalue weighted by molar-refractivity contribution is 6.16. The molecule has 0 bridgehead atoms. The van der Waals surface area contributed by atoms with Crippen LogP contribution in [0.2, 0.25) is 0 Å². The van der Waals surface area contributed by atoms with Crippen molar-refractivity contribution in [3.63, 3.8) is 0 Å². The molecule has 1 aliphatic heterocycles. The number of Topliss-reactive ketones (excluding diaryl/α,β-unsaturated/α-hetero) is 1. The molecule has 2 N–H and O–H groups in total. The Balaban J connectivity index is 1.73. The molecule has 0 fully saturated rings. The van der Waals surface area contributed by atoms with Crippen LogP contribution >= 0.6 is 0 Å². The maximum absolute atomic E-state index is 13.7. The number of aryl methyl sites for hydroxylation is 4. The summed E-state index contributed by atoms with van der Waals surface area (Å²) in [6, 6.07) is 20.5. The van der Waals surface area contributed by atoms with Crippen LogP contribution < -0.4 is 15.4 Å². The van der Waals surface area contributed by atoms with Crippen molar-refractivity contribution in [2.45, 2.75) is 34.1 Å². The zero-order valence-corrected chi connectivity index (χ0v) is 22.7. The third-order valence-electron chi connectivity index (χ3n) is 7.19. The lowest BCUT2D eigenvalue weighted by Crippen LogP contribution is -2.23. The number of nitrogens with one attached hydrogen (secondary N) is 2. The highest BCUT2D eigenvalue weighted by Gasteiger charge is 2.26. The van der Waals surface area contributed by atoms with Crippen LogP contribution in [-0.4, -0.2) is 23.6 Å². The minimum Gasteiger partial charge on any atom is -0.422 e. The van der Waals surface area contributed by atoms with Crippen LogP contribution in [0.4, 0.5) is 11.4 Å². The Morgan fingerprint density at radius 3 is 1.68 bits per heavy atom. The van der Waals surface area contributed by atoms with Gasteiger partial charge in [-0.2, -0.15) is 0 Å². The maximum atomic E-state index is 13.7. The van der Waals surface area contributed by atoms with Crippen LogP contribution in [0.15, 0.2) is 72.8 Å². The predicted octanol–water partition coefficient (Wildman–Crippen LogP) is 6.38. The summed E-state index contributed by atoms with van der Waals surface area (Å²) in [7, 11) is 0. The number of benzene rings is 4. The number of anilines is 2. The minimum atomic E-state index is -0.670. The molecule has 0 aliphatic carbocycles. The zero-order valence-electron chi connectivity index (χ0n) is 22.7. The van der Waals surface area contributed by atoms with Crippen LogP contribution in [0.1, 0.15) is 69.2 Å². The van der Waals surface area contributed by atoms with E-state index in [9.17, 15) is 19.2 Å². The molecule has 4 aromatic carbocycles. The van der Waals surface area contributed by atoms with E-state index in [2.05, 4.69) is 10.6 Å². The van der Waals surface area contributed by atoms with Crippen LogP contribution in [-0.2, 0) is 6.42 Å². The molecule has 1 heterocycles. The lowest BCUT2D eigenvalue weighted by Gasteiger charge is -2.19. The summed E-state index contributed by atoms with van der Waals surface area (Å²) in [4.78, 5) is 54.5. The van der Waals surface area contributed by atoms with E-state index in [-0.39, 0.29) is 34.6 Å². The second kappa shape index (κ2) is 10.6. The fourth-order valence-corrected chi connectivity index (χ4v) is 4.95. The normalized spacial score (nSPS) is 13.7. The van der Waals surface area contributed by atoms with Crippen molar-refractivity contribution in [2.24, 2.45) is 0 Å². The average molecular weight is 533 g/mol. The SMILES string of the molecule is Cc1cccc2c1CC(=O)c1cccc(C)c1NC(=O)c1cccc(C)c1NC(=O)c1cccc(C)c1OC2=O. The predicted molar refractivity (Wildman–Crippen MR) is 154 cm³/mol. The minimum absolute atomic E-state index is 0.0831. The summed E-state index contributed by atoms with van der Waals surface area (Å²) < 4.78 is 5.85. The summed E-state index contributed by atoms with van der Waals surface area (Å²) in [5.41, 5.74) is 4.83. The van der Waals surface area contributed by atoms with Crippen molar-refractivity contribution < 1.29 is 23.9 Å². The topological polar surface area (TPSA) is 102 Å². The number of carbonyl (C=O) groups excluding carboxylic acids is 4. The van der Waals surface area contributed by atoms with Gasteiger partial charge in [0.2, 0.25) is 0 Å². The number of ketones is 1. The monoisotopic (exact) mass is 532 g/mol. The molecule has 7 heteroatoms. The van der Waals surface area contributed by atoms with E-state index in [1.807, 2.05) is 13.0 Å². The first-order chi connectivity index (χ1) is 19.2. The summed E-state index contributed by atoms with van der Waals surface area (Å²) in [5.74, 6) is -1.82. The Morgan fingerprint density at radius 1 is 0.550 bits per heavy atom. The molecular formula is C33H28N2O5. The number of esters is 1. The van der Waals surface area contributed by atoms with Gasteiger partial charge in [-0.15, -0.1) is 0 Å². The van der Waals surface area contributed by atoms with Crippen molar-refractivity contribution in [2.75, 3.05) is 10.6 Å². The Bertz CT molecular complexity index is 1470. The van der Waals surface area contributed by atoms with Crippen LogP contribution in [0.3, 0.4) is 0 Å². The van der Waals surface area contributed by atoms with Gasteiger partial charge in [-0.1, -0.05) is 48.5 Å². The number of ether oxygens (including phenoxy) is 1. The van der Waals surface area contributed by atoms with Gasteiger partial charge in [0.1, 0.15) is 5.75 Å². The third kappa shape index (κ3) is 4.89. The molecule has 0 saturated heterocycles. The standard InChI is InChI=1S/C33H28N2O5/c1-18-9-5-13-22-26(18)17-27(36)23-14-6-10-19(2)28(23)34-31(37)24-15-7-11-20(3)29(24)35-32(38)25-16-8-12-21(4)30(25)40-33(22)39/h5-16H,17H2,1-4H3,(H,34,37)(H,35,38). The van der Waals surface area contributed by atoms with Gasteiger partial charge < -0.3 is 15.4 Å². The van der Waals surface area contributed by atoms with Crippen LogP contribution in [0.5, 0.6) is 5.75 Å². The van der Waals surface area contributed by atoms with E-state index in [0.29, 0.717) is 39.2 Å². The molecule has 7 nitrogen and oxygen atoms in total. The molecule has 2 amide bonds. The van der Waals surface area contributed by atoms with Gasteiger partial charge in [-0.3, -0.25) is 14.4 Å². The Kier molecular flexibility index (Phi) is 7.05. The molecule has 200 valence electrons. The molecule has 40 heavy (non-hydrogen) atoms. The number of amides is 2. The van der Waals surface area contributed by atoms with E-state index in [1.54, 1.807) is 87.5 Å². The lowest BCUT2D eigenvalue weighted by atomic mass is 9.93. The van der Waals surface area contributed by atoms with Crippen molar-refractivity contribution in [3.05, 3.63) is 123 Å². The smallest absolute Gasteiger partial charge is 0.343 e. The molecular weight excluding hydrogens is 504 g/mol. The first kappa shape index (κ1) is 26.6. The van der Waals surface area contributed by atoms with Gasteiger partial charge in [-0.05, 0) is 79.8 Å². The molecule has 0 saturated carbocycles. The van der Waals surface area contributed by atoms with E-state index in [1.165, 1.54) is 0 Å². The van der Waals surface area contributed by atoms with E-state index in [4.69, 9.17) is 4.74 Å². The largest absolute Gasteiger partial charge is 0.422 e. The van der Waals surface area contributed by atoms with E-state index < -0.39 is 17.8 Å². The second-order valence-electron chi connectivity index (χ2n) is 9.95. The van der Waals surface area contributed by atoms with Gasteiger partial charge in [0.05, 0.1) is 28.1 Å². The molecule has 0 aromatic heterocycles. The van der Waals surface area contributed by atoms with Gasteiger partial charge >= 0.3 is 5.97 Å². The highest BCUT2D eigenvalue weighted by Crippen LogP contribution is 2.31. The molecule has 0 unspecified atom stereocenters. The zero-order chi connectivity index (χ0) is 28.6. The van der Waals surface area contributed by atoms with Crippen molar-refractivity contribution in [1.82, 2.24) is 0 Å². The Hall–Kier alpha value is -5.04. The van der Waals surface area contributed by atoms with Gasteiger partial charge in [0, 0.05) is 12.0 Å². The van der Waals surface area contributed by atoms with Gasteiger partial charge in [0.25, 0.3) is 11.8 Å². The number of hydrogen-bond donors (Lipinski definition) is 2. The van der Waals surface area contributed by atoms with E-state index in [0.717, 1.165) is 5.56 Å².